The molecule has 3 rings (SSSR count). The Morgan fingerprint density at radius 2 is 1.87 bits per heavy atom. The molecule has 1 unspecified atom stereocenters. The monoisotopic (exact) mass is 336 g/mol. The van der Waals surface area contributed by atoms with Crippen LogP contribution in [0.5, 0.6) is 0 Å². The molecule has 1 fully saturated rings. The molecule has 2 aliphatic rings. The molecule has 1 aromatic rings. The van der Waals surface area contributed by atoms with Crippen LogP contribution < -0.4 is 0 Å². The average molecular weight is 337 g/mol. The fourth-order valence-electron chi connectivity index (χ4n) is 4.06. The smallest absolute Gasteiger partial charge is 0.0958 e. The predicted molar refractivity (Wildman–Crippen MR) is 98.3 cm³/mol. The third-order valence-corrected chi connectivity index (χ3v) is 5.49. The minimum atomic E-state index is -0.690. The summed E-state index contributed by atoms with van der Waals surface area (Å²) in [5.41, 5.74) is 0.403. The van der Waals surface area contributed by atoms with E-state index in [-0.39, 0.29) is 12.4 Å². The van der Waals surface area contributed by atoms with Gasteiger partial charge in [-0.25, -0.2) is 0 Å². The summed E-state index contributed by atoms with van der Waals surface area (Å²) in [6.07, 6.45) is 6.93. The lowest BCUT2D eigenvalue weighted by atomic mass is 9.71. The third kappa shape index (κ3) is 4.07. The van der Waals surface area contributed by atoms with Gasteiger partial charge in [0, 0.05) is 13.1 Å². The normalized spacial score (nSPS) is 21.5. The number of aliphatic imine (C=N–C) groups is 1. The maximum atomic E-state index is 11.6. The number of benzene rings is 1. The van der Waals surface area contributed by atoms with Crippen molar-refractivity contribution >= 4 is 18.2 Å². The fraction of sp³-hybridized carbons (Fsp3) is 0.632. The van der Waals surface area contributed by atoms with Gasteiger partial charge in [-0.15, -0.1) is 12.4 Å². The van der Waals surface area contributed by atoms with E-state index in [4.69, 9.17) is 0 Å². The van der Waals surface area contributed by atoms with Gasteiger partial charge in [-0.3, -0.25) is 4.99 Å². The second kappa shape index (κ2) is 8.16. The first kappa shape index (κ1) is 18.3. The van der Waals surface area contributed by atoms with Gasteiger partial charge in [0.05, 0.1) is 18.0 Å². The Hall–Kier alpha value is -1.06. The zero-order valence-corrected chi connectivity index (χ0v) is 14.9. The van der Waals surface area contributed by atoms with E-state index in [1.807, 2.05) is 18.2 Å². The maximum absolute atomic E-state index is 11.6. The molecular formula is C19H29ClN2O. The SMILES string of the molecule is CC1=NCCN1CCC(O)(c1ccccc1)C1CCCCC1.Cl. The van der Waals surface area contributed by atoms with Crippen molar-refractivity contribution in [1.29, 1.82) is 0 Å². The molecule has 0 bridgehead atoms. The summed E-state index contributed by atoms with van der Waals surface area (Å²) in [6.45, 7) is 4.88. The van der Waals surface area contributed by atoms with Crippen molar-refractivity contribution in [3.05, 3.63) is 35.9 Å². The molecule has 1 aromatic carbocycles. The van der Waals surface area contributed by atoms with E-state index >= 15 is 0 Å². The Morgan fingerprint density at radius 3 is 2.48 bits per heavy atom. The van der Waals surface area contributed by atoms with Crippen LogP contribution in [0.4, 0.5) is 0 Å². The van der Waals surface area contributed by atoms with Crippen molar-refractivity contribution in [3.63, 3.8) is 0 Å². The predicted octanol–water partition coefficient (Wildman–Crippen LogP) is 4.00. The molecule has 4 heteroatoms. The van der Waals surface area contributed by atoms with Gasteiger partial charge in [-0.2, -0.15) is 0 Å². The topological polar surface area (TPSA) is 35.8 Å². The molecule has 0 saturated heterocycles. The quantitative estimate of drug-likeness (QED) is 0.882. The van der Waals surface area contributed by atoms with Crippen LogP contribution in [0, 0.1) is 5.92 Å². The molecule has 0 aromatic heterocycles. The molecule has 3 nitrogen and oxygen atoms in total. The second-order valence-corrected chi connectivity index (χ2v) is 6.79. The summed E-state index contributed by atoms with van der Waals surface area (Å²) >= 11 is 0. The van der Waals surface area contributed by atoms with Gasteiger partial charge >= 0.3 is 0 Å². The van der Waals surface area contributed by atoms with Gasteiger partial charge < -0.3 is 10.0 Å². The van der Waals surface area contributed by atoms with Crippen LogP contribution in [0.25, 0.3) is 0 Å². The second-order valence-electron chi connectivity index (χ2n) is 6.79. The lowest BCUT2D eigenvalue weighted by molar-refractivity contribution is -0.0489. The van der Waals surface area contributed by atoms with Gasteiger partial charge in [0.1, 0.15) is 0 Å². The van der Waals surface area contributed by atoms with Crippen LogP contribution in [0.3, 0.4) is 0 Å². The van der Waals surface area contributed by atoms with Crippen LogP contribution in [0.15, 0.2) is 35.3 Å². The molecule has 1 aliphatic carbocycles. The lowest BCUT2D eigenvalue weighted by Crippen LogP contribution is -2.40. The van der Waals surface area contributed by atoms with Gasteiger partial charge in [-0.05, 0) is 37.7 Å². The first-order valence-corrected chi connectivity index (χ1v) is 8.74. The maximum Gasteiger partial charge on any atom is 0.0958 e. The summed E-state index contributed by atoms with van der Waals surface area (Å²) in [6, 6.07) is 10.3. The molecular weight excluding hydrogens is 308 g/mol. The van der Waals surface area contributed by atoms with Gasteiger partial charge in [0.15, 0.2) is 0 Å². The first-order chi connectivity index (χ1) is 10.7. The molecule has 23 heavy (non-hydrogen) atoms. The molecule has 1 saturated carbocycles. The molecule has 0 spiro atoms. The highest BCUT2D eigenvalue weighted by Gasteiger charge is 2.39. The Morgan fingerprint density at radius 1 is 1.17 bits per heavy atom. The number of hydrogen-bond donors (Lipinski definition) is 1. The van der Waals surface area contributed by atoms with Gasteiger partial charge in [0.25, 0.3) is 0 Å². The largest absolute Gasteiger partial charge is 0.385 e. The summed E-state index contributed by atoms with van der Waals surface area (Å²) in [4.78, 5) is 6.78. The highest BCUT2D eigenvalue weighted by Crippen LogP contribution is 2.41. The van der Waals surface area contributed by atoms with Gasteiger partial charge in [0.2, 0.25) is 0 Å². The highest BCUT2D eigenvalue weighted by atomic mass is 35.5. The van der Waals surface area contributed by atoms with E-state index in [1.54, 1.807) is 0 Å². The number of nitrogens with zero attached hydrogens (tertiary/aromatic N) is 2. The standard InChI is InChI=1S/C19H28N2O.ClH/c1-16-20-13-15-21(16)14-12-19(22,17-8-4-2-5-9-17)18-10-6-3-7-11-18;/h2,4-5,8-9,18,22H,3,6-7,10-15H2,1H3;1H. The Labute approximate surface area is 146 Å². The van der Waals surface area contributed by atoms with E-state index < -0.39 is 5.60 Å². The Bertz CT molecular complexity index is 513. The lowest BCUT2D eigenvalue weighted by Gasteiger charge is -2.40. The van der Waals surface area contributed by atoms with Gasteiger partial charge in [-0.1, -0.05) is 49.6 Å². The number of rotatable bonds is 5. The van der Waals surface area contributed by atoms with Crippen molar-refractivity contribution in [2.24, 2.45) is 10.9 Å². The molecule has 0 amide bonds. The van der Waals surface area contributed by atoms with Crippen LogP contribution in [0.1, 0.15) is 51.0 Å². The van der Waals surface area contributed by atoms with Crippen molar-refractivity contribution in [1.82, 2.24) is 4.90 Å². The van der Waals surface area contributed by atoms with Crippen LogP contribution in [0.2, 0.25) is 0 Å². The van der Waals surface area contributed by atoms with Crippen molar-refractivity contribution < 1.29 is 5.11 Å². The fourth-order valence-corrected chi connectivity index (χ4v) is 4.06. The summed E-state index contributed by atoms with van der Waals surface area (Å²) in [5.74, 6) is 1.52. The van der Waals surface area contributed by atoms with E-state index in [0.717, 1.165) is 50.3 Å². The summed E-state index contributed by atoms with van der Waals surface area (Å²) in [7, 11) is 0. The Kier molecular flexibility index (Phi) is 6.49. The average Bonchev–Trinajstić information content (AvgIpc) is 2.99. The third-order valence-electron chi connectivity index (χ3n) is 5.49. The summed E-state index contributed by atoms with van der Waals surface area (Å²) < 4.78 is 0. The number of hydrogen-bond acceptors (Lipinski definition) is 3. The zero-order valence-electron chi connectivity index (χ0n) is 14.1. The molecule has 1 heterocycles. The minimum Gasteiger partial charge on any atom is -0.385 e. The summed E-state index contributed by atoms with van der Waals surface area (Å²) in [5, 5.41) is 11.6. The molecule has 1 atom stereocenters. The van der Waals surface area contributed by atoms with E-state index in [0.29, 0.717) is 5.92 Å². The molecule has 1 N–H and O–H groups in total. The van der Waals surface area contributed by atoms with Crippen LogP contribution in [-0.4, -0.2) is 35.5 Å². The van der Waals surface area contributed by atoms with Crippen LogP contribution in [-0.2, 0) is 5.60 Å². The zero-order chi connectivity index (χ0) is 15.4. The first-order valence-electron chi connectivity index (χ1n) is 8.74. The van der Waals surface area contributed by atoms with Crippen molar-refractivity contribution in [2.45, 2.75) is 51.0 Å². The highest BCUT2D eigenvalue weighted by molar-refractivity contribution is 5.85. The van der Waals surface area contributed by atoms with Crippen molar-refractivity contribution in [2.75, 3.05) is 19.6 Å². The Balaban J connectivity index is 0.00000192. The minimum absolute atomic E-state index is 0. The van der Waals surface area contributed by atoms with E-state index in [1.165, 1.54) is 19.3 Å². The molecule has 128 valence electrons. The van der Waals surface area contributed by atoms with Crippen LogP contribution >= 0.6 is 12.4 Å². The molecule has 0 radical (unpaired) electrons. The van der Waals surface area contributed by atoms with E-state index in [2.05, 4.69) is 28.9 Å². The number of aliphatic hydroxyl groups is 1. The number of amidine groups is 1. The van der Waals surface area contributed by atoms with Crippen molar-refractivity contribution in [3.8, 4) is 0 Å². The number of halogens is 1. The van der Waals surface area contributed by atoms with E-state index in [9.17, 15) is 5.11 Å². The molecule has 1 aliphatic heterocycles.